The molecular formula is C37H35NO6. The molecule has 1 aliphatic carbocycles. The molecule has 0 radical (unpaired) electrons. The number of ketones is 1. The number of ether oxygens (including phenoxy) is 3. The van der Waals surface area contributed by atoms with Crippen molar-refractivity contribution < 1.29 is 28.9 Å². The molecule has 0 spiro atoms. The molecule has 224 valence electrons. The third kappa shape index (κ3) is 5.23. The minimum absolute atomic E-state index is 0.0349. The van der Waals surface area contributed by atoms with Crippen molar-refractivity contribution in [1.82, 2.24) is 0 Å². The van der Waals surface area contributed by atoms with E-state index in [-0.39, 0.29) is 18.8 Å². The lowest BCUT2D eigenvalue weighted by molar-refractivity contribution is -0.164. The Kier molecular flexibility index (Phi) is 8.84. The van der Waals surface area contributed by atoms with E-state index in [1.807, 2.05) is 6.07 Å². The predicted molar refractivity (Wildman–Crippen MR) is 165 cm³/mol. The first kappa shape index (κ1) is 30.5. The Morgan fingerprint density at radius 1 is 0.818 bits per heavy atom. The van der Waals surface area contributed by atoms with E-state index in [2.05, 4.69) is 6.07 Å². The molecule has 7 heteroatoms. The van der Waals surface area contributed by atoms with Gasteiger partial charge in [0.2, 0.25) is 0 Å². The van der Waals surface area contributed by atoms with Gasteiger partial charge in [-0.05, 0) is 54.3 Å². The summed E-state index contributed by atoms with van der Waals surface area (Å²) in [6, 6.07) is 34.1. The standard InChI is InChI=1S/C37H35NO6/c1-4-44-35(40)36(24-38)31(25-15-19-29(42-2)20-16-25)23-37(41,28-13-9-6-10-14-28)33(34(39)27-11-7-5-8-12-27)32(36)26-17-21-30(43-3)22-18-26/h5-22,31-33,41H,4,23H2,1-3H3/t31-,32-,33+,36-,37-/m1/s1. The number of rotatable bonds is 9. The van der Waals surface area contributed by atoms with Crippen molar-refractivity contribution in [3.8, 4) is 17.6 Å². The molecule has 0 aliphatic heterocycles. The van der Waals surface area contributed by atoms with Gasteiger partial charge in [0.25, 0.3) is 0 Å². The van der Waals surface area contributed by atoms with E-state index in [4.69, 9.17) is 14.2 Å². The molecule has 1 N–H and O–H groups in total. The highest BCUT2D eigenvalue weighted by Gasteiger charge is 2.67. The molecule has 0 bridgehead atoms. The lowest BCUT2D eigenvalue weighted by Gasteiger charge is -2.54. The summed E-state index contributed by atoms with van der Waals surface area (Å²) in [5.41, 5.74) is -1.63. The number of nitrogens with zero attached hydrogens (tertiary/aromatic N) is 1. The van der Waals surface area contributed by atoms with Crippen LogP contribution in [0, 0.1) is 22.7 Å². The smallest absolute Gasteiger partial charge is 0.327 e. The summed E-state index contributed by atoms with van der Waals surface area (Å²) in [6.07, 6.45) is -0.0917. The van der Waals surface area contributed by atoms with Crippen molar-refractivity contribution in [1.29, 1.82) is 5.26 Å². The van der Waals surface area contributed by atoms with E-state index in [0.717, 1.165) is 0 Å². The van der Waals surface area contributed by atoms with E-state index in [1.54, 1.807) is 124 Å². The highest BCUT2D eigenvalue weighted by Crippen LogP contribution is 2.64. The monoisotopic (exact) mass is 589 g/mol. The van der Waals surface area contributed by atoms with Gasteiger partial charge in [-0.1, -0.05) is 84.9 Å². The summed E-state index contributed by atoms with van der Waals surface area (Å²) in [7, 11) is 3.10. The first-order chi connectivity index (χ1) is 21.3. The molecule has 1 fully saturated rings. The highest BCUT2D eigenvalue weighted by molar-refractivity contribution is 6.00. The molecule has 1 saturated carbocycles. The zero-order valence-electron chi connectivity index (χ0n) is 25.0. The zero-order valence-corrected chi connectivity index (χ0v) is 25.0. The fourth-order valence-corrected chi connectivity index (χ4v) is 6.73. The second-order valence-electron chi connectivity index (χ2n) is 11.0. The summed E-state index contributed by atoms with van der Waals surface area (Å²) in [5, 5.41) is 24.2. The first-order valence-electron chi connectivity index (χ1n) is 14.6. The molecule has 1 aliphatic rings. The molecule has 7 nitrogen and oxygen atoms in total. The van der Waals surface area contributed by atoms with Gasteiger partial charge >= 0.3 is 5.97 Å². The van der Waals surface area contributed by atoms with E-state index < -0.39 is 34.7 Å². The van der Waals surface area contributed by atoms with Crippen LogP contribution in [0.4, 0.5) is 0 Å². The molecule has 0 aromatic heterocycles. The first-order valence-corrected chi connectivity index (χ1v) is 14.6. The number of carbonyl (C=O) groups is 2. The van der Waals surface area contributed by atoms with Gasteiger partial charge in [0.15, 0.2) is 11.2 Å². The van der Waals surface area contributed by atoms with Crippen LogP contribution in [0.3, 0.4) is 0 Å². The normalized spacial score (nSPS) is 24.5. The molecule has 4 aromatic rings. The summed E-state index contributed by atoms with van der Waals surface area (Å²) in [5.74, 6) is -3.17. The van der Waals surface area contributed by atoms with Crippen LogP contribution in [0.2, 0.25) is 0 Å². The number of carbonyl (C=O) groups excluding carboxylic acids is 2. The Morgan fingerprint density at radius 2 is 1.34 bits per heavy atom. The Morgan fingerprint density at radius 3 is 1.84 bits per heavy atom. The highest BCUT2D eigenvalue weighted by atomic mass is 16.5. The maximum atomic E-state index is 14.7. The van der Waals surface area contributed by atoms with E-state index in [0.29, 0.717) is 33.8 Å². The fourth-order valence-electron chi connectivity index (χ4n) is 6.73. The second kappa shape index (κ2) is 12.7. The van der Waals surface area contributed by atoms with Crippen molar-refractivity contribution in [3.63, 3.8) is 0 Å². The van der Waals surface area contributed by atoms with Crippen LogP contribution in [0.1, 0.15) is 52.2 Å². The van der Waals surface area contributed by atoms with Crippen molar-refractivity contribution in [2.75, 3.05) is 20.8 Å². The molecule has 0 heterocycles. The Labute approximate surface area is 257 Å². The number of methoxy groups -OCH3 is 2. The quantitative estimate of drug-likeness (QED) is 0.177. The molecule has 4 aromatic carbocycles. The number of hydrogen-bond acceptors (Lipinski definition) is 7. The van der Waals surface area contributed by atoms with Gasteiger partial charge in [0, 0.05) is 17.4 Å². The molecule has 44 heavy (non-hydrogen) atoms. The van der Waals surface area contributed by atoms with Gasteiger partial charge in [-0.15, -0.1) is 0 Å². The van der Waals surface area contributed by atoms with Crippen molar-refractivity contribution >= 4 is 11.8 Å². The second-order valence-corrected chi connectivity index (χ2v) is 11.0. The minimum Gasteiger partial charge on any atom is -0.497 e. The number of nitriles is 1. The fraction of sp³-hybridized carbons (Fsp3) is 0.270. The summed E-state index contributed by atoms with van der Waals surface area (Å²) >= 11 is 0. The van der Waals surface area contributed by atoms with E-state index >= 15 is 0 Å². The summed E-state index contributed by atoms with van der Waals surface area (Å²) in [6.45, 7) is 1.72. The summed E-state index contributed by atoms with van der Waals surface area (Å²) < 4.78 is 16.5. The van der Waals surface area contributed by atoms with E-state index in [9.17, 15) is 20.0 Å². The van der Waals surface area contributed by atoms with E-state index in [1.165, 1.54) is 0 Å². The van der Waals surface area contributed by atoms with Crippen LogP contribution in [-0.4, -0.2) is 37.7 Å². The minimum atomic E-state index is -1.89. The average Bonchev–Trinajstić information content (AvgIpc) is 3.08. The van der Waals surface area contributed by atoms with Gasteiger partial charge in [0.05, 0.1) is 32.8 Å². The SMILES string of the molecule is CCOC(=O)[C@]1(C#N)[C@@H](c2ccc(OC)cc2)C[C@@](O)(c2ccccc2)[C@H](C(=O)c2ccccc2)[C@H]1c1ccc(OC)cc1. The molecule has 0 saturated heterocycles. The molecule has 0 amide bonds. The van der Waals surface area contributed by atoms with Crippen LogP contribution in [0.5, 0.6) is 11.5 Å². The van der Waals surface area contributed by atoms with Gasteiger partial charge in [-0.2, -0.15) is 5.26 Å². The van der Waals surface area contributed by atoms with Crippen LogP contribution in [0.25, 0.3) is 0 Å². The number of benzene rings is 4. The van der Waals surface area contributed by atoms with Gasteiger partial charge < -0.3 is 19.3 Å². The predicted octanol–water partition coefficient (Wildman–Crippen LogP) is 6.43. The zero-order chi connectivity index (χ0) is 31.3. The largest absolute Gasteiger partial charge is 0.497 e. The Bertz CT molecular complexity index is 1630. The lowest BCUT2D eigenvalue weighted by Crippen LogP contribution is -2.59. The number of aliphatic hydroxyl groups is 1. The van der Waals surface area contributed by atoms with Gasteiger partial charge in [-0.25, -0.2) is 0 Å². The number of esters is 1. The molecular weight excluding hydrogens is 554 g/mol. The molecule has 5 atom stereocenters. The Balaban J connectivity index is 1.88. The van der Waals surface area contributed by atoms with Crippen LogP contribution >= 0.6 is 0 Å². The van der Waals surface area contributed by atoms with Crippen LogP contribution < -0.4 is 9.47 Å². The van der Waals surface area contributed by atoms with Gasteiger partial charge in [0.1, 0.15) is 17.1 Å². The topological polar surface area (TPSA) is 106 Å². The van der Waals surface area contributed by atoms with Crippen molar-refractivity contribution in [3.05, 3.63) is 131 Å². The maximum absolute atomic E-state index is 14.7. The van der Waals surface area contributed by atoms with Crippen LogP contribution in [0.15, 0.2) is 109 Å². The summed E-state index contributed by atoms with van der Waals surface area (Å²) in [4.78, 5) is 29.1. The van der Waals surface area contributed by atoms with Gasteiger partial charge in [-0.3, -0.25) is 9.59 Å². The lowest BCUT2D eigenvalue weighted by atomic mass is 9.47. The third-order valence-corrected chi connectivity index (χ3v) is 8.81. The van der Waals surface area contributed by atoms with Crippen molar-refractivity contribution in [2.45, 2.75) is 30.8 Å². The van der Waals surface area contributed by atoms with Crippen molar-refractivity contribution in [2.24, 2.45) is 11.3 Å². The number of Topliss-reactive ketones (excluding diaryl/α,β-unsaturated/α-hetero) is 1. The Hall–Kier alpha value is -4.93. The molecule has 5 rings (SSSR count). The third-order valence-electron chi connectivity index (χ3n) is 8.81. The molecule has 0 unspecified atom stereocenters. The van der Waals surface area contributed by atoms with Crippen LogP contribution in [-0.2, 0) is 15.1 Å². The number of hydrogen-bond donors (Lipinski definition) is 1. The maximum Gasteiger partial charge on any atom is 0.327 e. The average molecular weight is 590 g/mol.